The van der Waals surface area contributed by atoms with Gasteiger partial charge < -0.3 is 13.8 Å². The Bertz CT molecular complexity index is 467. The highest BCUT2D eigenvalue weighted by Gasteiger charge is 2.25. The first-order valence-corrected chi connectivity index (χ1v) is 18.0. The van der Waals surface area contributed by atoms with Gasteiger partial charge in [0.1, 0.15) is 11.6 Å². The van der Waals surface area contributed by atoms with Crippen LogP contribution in [0, 0.1) is 11.8 Å². The maximum absolute atomic E-state index is 12.7. The second kappa shape index (κ2) is 14.7. The molecule has 0 N–H and O–H groups in total. The van der Waals surface area contributed by atoms with Gasteiger partial charge in [0.2, 0.25) is 0 Å². The predicted molar refractivity (Wildman–Crippen MR) is 132 cm³/mol. The van der Waals surface area contributed by atoms with Crippen LogP contribution in [0.1, 0.15) is 52.4 Å². The molecule has 7 heteroatoms. The van der Waals surface area contributed by atoms with Gasteiger partial charge in [-0.2, -0.15) is 0 Å². The molecule has 0 aromatic carbocycles. The molecule has 0 radical (unpaired) electrons. The fourth-order valence-electron chi connectivity index (χ4n) is 3.73. The van der Waals surface area contributed by atoms with E-state index in [4.69, 9.17) is 8.85 Å². The molecule has 0 aromatic heterocycles. The van der Waals surface area contributed by atoms with Crippen LogP contribution in [0.5, 0.6) is 0 Å². The van der Waals surface area contributed by atoms with Crippen LogP contribution < -0.4 is 0 Å². The molecular formula is C23H49NO4Si2. The molecule has 0 rings (SSSR count). The molecule has 0 amide bonds. The van der Waals surface area contributed by atoms with E-state index in [0.29, 0.717) is 24.4 Å². The quantitative estimate of drug-likeness (QED) is 0.258. The Balaban J connectivity index is 4.52. The van der Waals surface area contributed by atoms with Gasteiger partial charge in [0.15, 0.2) is 16.6 Å². The molecule has 2 atom stereocenters. The number of nitrogens with zero attached hydrogens (tertiary/aromatic N) is 1. The second-order valence-corrected chi connectivity index (χ2v) is 18.9. The van der Waals surface area contributed by atoms with Gasteiger partial charge in [-0.1, -0.05) is 13.8 Å². The molecule has 0 aliphatic carbocycles. The number of hydrogen-bond donors (Lipinski definition) is 0. The molecule has 30 heavy (non-hydrogen) atoms. The van der Waals surface area contributed by atoms with E-state index < -0.39 is 16.6 Å². The molecule has 178 valence electrons. The lowest BCUT2D eigenvalue weighted by Gasteiger charge is -2.26. The van der Waals surface area contributed by atoms with Crippen molar-refractivity contribution in [3.8, 4) is 0 Å². The molecule has 0 bridgehead atoms. The van der Waals surface area contributed by atoms with Crippen molar-refractivity contribution in [2.45, 2.75) is 90.6 Å². The summed E-state index contributed by atoms with van der Waals surface area (Å²) < 4.78 is 11.2. The maximum atomic E-state index is 12.7. The van der Waals surface area contributed by atoms with Crippen LogP contribution in [0.25, 0.3) is 0 Å². The number of rotatable bonds is 18. The zero-order valence-corrected chi connectivity index (χ0v) is 23.3. The summed E-state index contributed by atoms with van der Waals surface area (Å²) in [6, 6.07) is 2.05. The minimum Gasteiger partial charge on any atom is -0.420 e. The van der Waals surface area contributed by atoms with Gasteiger partial charge in [-0.15, -0.1) is 0 Å². The minimum atomic E-state index is -1.59. The summed E-state index contributed by atoms with van der Waals surface area (Å²) in [6.07, 6.45) is 4.83. The Morgan fingerprint density at radius 3 is 1.37 bits per heavy atom. The highest BCUT2D eigenvalue weighted by molar-refractivity contribution is 6.71. The van der Waals surface area contributed by atoms with Crippen molar-refractivity contribution in [2.24, 2.45) is 11.8 Å². The predicted octanol–water partition coefficient (Wildman–Crippen LogP) is 5.37. The summed E-state index contributed by atoms with van der Waals surface area (Å²) in [7, 11) is 2.43. The second-order valence-electron chi connectivity index (χ2n) is 10.00. The van der Waals surface area contributed by atoms with E-state index in [-0.39, 0.29) is 11.8 Å². The molecule has 0 heterocycles. The average molecular weight is 460 g/mol. The third kappa shape index (κ3) is 12.5. The topological polar surface area (TPSA) is 55.8 Å². The fraction of sp³-hybridized carbons (Fsp3) is 0.913. The summed E-state index contributed by atoms with van der Waals surface area (Å²) in [5, 5.41) is 0. The number of hydrogen-bond acceptors (Lipinski definition) is 5. The minimum absolute atomic E-state index is 0.0587. The Morgan fingerprint density at radius 1 is 0.767 bits per heavy atom. The van der Waals surface area contributed by atoms with E-state index in [1.54, 1.807) is 14.2 Å². The zero-order valence-electron chi connectivity index (χ0n) is 21.3. The van der Waals surface area contributed by atoms with Gasteiger partial charge in [-0.05, 0) is 71.0 Å². The van der Waals surface area contributed by atoms with Crippen molar-refractivity contribution in [1.29, 1.82) is 0 Å². The van der Waals surface area contributed by atoms with Gasteiger partial charge in [-0.3, -0.25) is 9.59 Å². The van der Waals surface area contributed by atoms with E-state index in [1.807, 2.05) is 7.05 Å². The highest BCUT2D eigenvalue weighted by Crippen LogP contribution is 2.20. The molecule has 0 spiro atoms. The first-order chi connectivity index (χ1) is 13.9. The first kappa shape index (κ1) is 29.7. The van der Waals surface area contributed by atoms with Gasteiger partial charge >= 0.3 is 0 Å². The van der Waals surface area contributed by atoms with Crippen LogP contribution in [0.15, 0.2) is 0 Å². The molecule has 0 aliphatic rings. The average Bonchev–Trinajstić information content (AvgIpc) is 2.69. The SMILES string of the molecule is CCC(CN(C)CC(CC)C(=O)CCC[Si](C)(C)OC)C(=O)CCC[Si](C)(C)OC. The molecule has 0 saturated heterocycles. The van der Waals surface area contributed by atoms with Crippen LogP contribution in [-0.2, 0) is 18.4 Å². The zero-order chi connectivity index (χ0) is 23.4. The van der Waals surface area contributed by atoms with Crippen LogP contribution in [-0.4, -0.2) is 67.5 Å². The van der Waals surface area contributed by atoms with E-state index >= 15 is 0 Å². The summed E-state index contributed by atoms with van der Waals surface area (Å²) in [5.74, 6) is 0.833. The van der Waals surface area contributed by atoms with Crippen molar-refractivity contribution in [3.05, 3.63) is 0 Å². The highest BCUT2D eigenvalue weighted by atomic mass is 28.4. The molecule has 0 saturated carbocycles. The Labute approximate surface area is 188 Å². The van der Waals surface area contributed by atoms with Crippen molar-refractivity contribution >= 4 is 28.2 Å². The number of Topliss-reactive ketones (excluding diaryl/α,β-unsaturated/α-hetero) is 2. The Kier molecular flexibility index (Phi) is 14.5. The maximum Gasteiger partial charge on any atom is 0.186 e. The van der Waals surface area contributed by atoms with Crippen molar-refractivity contribution < 1.29 is 18.4 Å². The van der Waals surface area contributed by atoms with E-state index in [9.17, 15) is 9.59 Å². The summed E-state index contributed by atoms with van der Waals surface area (Å²) in [5.41, 5.74) is 0. The molecule has 0 fully saturated rings. The van der Waals surface area contributed by atoms with Gasteiger partial charge in [0, 0.05) is 52.0 Å². The van der Waals surface area contributed by atoms with Gasteiger partial charge in [0.05, 0.1) is 0 Å². The largest absolute Gasteiger partial charge is 0.420 e. The summed E-state index contributed by atoms with van der Waals surface area (Å²) in [6.45, 7) is 14.5. The van der Waals surface area contributed by atoms with Crippen LogP contribution in [0.4, 0.5) is 0 Å². The van der Waals surface area contributed by atoms with Gasteiger partial charge in [-0.25, -0.2) is 0 Å². The third-order valence-corrected chi connectivity index (χ3v) is 11.8. The standard InChI is InChI=1S/C23H49NO4Si2/c1-10-20(22(25)14-12-16-29(6,7)27-4)18-24(3)19-21(11-2)23(26)15-13-17-30(8,9)28-5/h20-21H,10-19H2,1-9H3. The molecular weight excluding hydrogens is 410 g/mol. The number of carbonyl (C=O) groups excluding carboxylic acids is 2. The number of carbonyl (C=O) groups is 2. The van der Waals surface area contributed by atoms with Crippen molar-refractivity contribution in [1.82, 2.24) is 4.90 Å². The normalized spacial score (nSPS) is 14.7. The van der Waals surface area contributed by atoms with E-state index in [0.717, 1.165) is 50.9 Å². The third-order valence-electron chi connectivity index (χ3n) is 6.47. The van der Waals surface area contributed by atoms with Crippen LogP contribution in [0.2, 0.25) is 38.3 Å². The lowest BCUT2D eigenvalue weighted by atomic mass is 9.94. The molecule has 0 aromatic rings. The first-order valence-electron chi connectivity index (χ1n) is 11.8. The van der Waals surface area contributed by atoms with E-state index in [2.05, 4.69) is 44.9 Å². The van der Waals surface area contributed by atoms with Crippen molar-refractivity contribution in [3.63, 3.8) is 0 Å². The smallest absolute Gasteiger partial charge is 0.186 e. The number of ketones is 2. The Morgan fingerprint density at radius 2 is 1.10 bits per heavy atom. The molecule has 0 aliphatic heterocycles. The molecule has 5 nitrogen and oxygen atoms in total. The summed E-state index contributed by atoms with van der Waals surface area (Å²) in [4.78, 5) is 27.6. The Hall–Kier alpha value is -0.346. The van der Waals surface area contributed by atoms with Gasteiger partial charge in [0.25, 0.3) is 0 Å². The lowest BCUT2D eigenvalue weighted by molar-refractivity contribution is -0.124. The fourth-order valence-corrected chi connectivity index (χ4v) is 6.20. The van der Waals surface area contributed by atoms with Crippen molar-refractivity contribution in [2.75, 3.05) is 34.4 Å². The van der Waals surface area contributed by atoms with Crippen LogP contribution >= 0.6 is 0 Å². The lowest BCUT2D eigenvalue weighted by Crippen LogP contribution is -2.36. The molecule has 2 unspecified atom stereocenters. The monoisotopic (exact) mass is 459 g/mol. The van der Waals surface area contributed by atoms with Crippen LogP contribution in [0.3, 0.4) is 0 Å². The summed E-state index contributed by atoms with van der Waals surface area (Å²) >= 11 is 0. The van der Waals surface area contributed by atoms with E-state index in [1.165, 1.54) is 0 Å².